The maximum Gasteiger partial charge on any atom is 0.243 e. The molecule has 7 heteroatoms. The SMILES string of the molecule is Cc1ccc(F)cc1NC(=O)Cc1ccc(S(=O)(=O)N2CCCCC2)cc1. The van der Waals surface area contributed by atoms with Gasteiger partial charge in [-0.2, -0.15) is 4.31 Å². The van der Waals surface area contributed by atoms with Crippen LogP contribution in [0.1, 0.15) is 30.4 Å². The number of carbonyl (C=O) groups is 1. The molecule has 0 aliphatic carbocycles. The van der Waals surface area contributed by atoms with Gasteiger partial charge in [0, 0.05) is 18.8 Å². The summed E-state index contributed by atoms with van der Waals surface area (Å²) >= 11 is 0. The first-order chi connectivity index (χ1) is 12.9. The van der Waals surface area contributed by atoms with Gasteiger partial charge in [0.2, 0.25) is 15.9 Å². The topological polar surface area (TPSA) is 66.5 Å². The van der Waals surface area contributed by atoms with Crippen molar-refractivity contribution in [1.29, 1.82) is 0 Å². The monoisotopic (exact) mass is 390 g/mol. The fourth-order valence-electron chi connectivity index (χ4n) is 3.14. The van der Waals surface area contributed by atoms with E-state index >= 15 is 0 Å². The van der Waals surface area contributed by atoms with Gasteiger partial charge < -0.3 is 5.32 Å². The third kappa shape index (κ3) is 4.73. The van der Waals surface area contributed by atoms with Gasteiger partial charge in [0.25, 0.3) is 0 Å². The molecule has 144 valence electrons. The van der Waals surface area contributed by atoms with Crippen LogP contribution in [0.2, 0.25) is 0 Å². The van der Waals surface area contributed by atoms with Crippen LogP contribution in [0, 0.1) is 12.7 Å². The fraction of sp³-hybridized carbons (Fsp3) is 0.350. The molecule has 0 spiro atoms. The zero-order valence-corrected chi connectivity index (χ0v) is 16.1. The van der Waals surface area contributed by atoms with Crippen molar-refractivity contribution in [3.8, 4) is 0 Å². The van der Waals surface area contributed by atoms with Gasteiger partial charge in [0.15, 0.2) is 0 Å². The van der Waals surface area contributed by atoms with E-state index < -0.39 is 15.8 Å². The number of piperidine rings is 1. The van der Waals surface area contributed by atoms with Gasteiger partial charge in [-0.25, -0.2) is 12.8 Å². The Labute approximate surface area is 159 Å². The summed E-state index contributed by atoms with van der Waals surface area (Å²) in [7, 11) is -3.48. The van der Waals surface area contributed by atoms with Crippen LogP contribution in [-0.4, -0.2) is 31.7 Å². The molecule has 5 nitrogen and oxygen atoms in total. The van der Waals surface area contributed by atoms with Crippen LogP contribution in [0.3, 0.4) is 0 Å². The largest absolute Gasteiger partial charge is 0.325 e. The second kappa shape index (κ2) is 8.19. The zero-order chi connectivity index (χ0) is 19.4. The number of rotatable bonds is 5. The van der Waals surface area contributed by atoms with E-state index in [9.17, 15) is 17.6 Å². The van der Waals surface area contributed by atoms with E-state index in [1.165, 1.54) is 16.4 Å². The Morgan fingerprint density at radius 3 is 2.41 bits per heavy atom. The van der Waals surface area contributed by atoms with E-state index in [0.29, 0.717) is 24.3 Å². The summed E-state index contributed by atoms with van der Waals surface area (Å²) in [5.41, 5.74) is 1.90. The molecule has 0 unspecified atom stereocenters. The molecule has 0 aromatic heterocycles. The molecule has 0 radical (unpaired) electrons. The lowest BCUT2D eigenvalue weighted by molar-refractivity contribution is -0.115. The Hall–Kier alpha value is -2.25. The molecule has 1 aliphatic rings. The Morgan fingerprint density at radius 2 is 1.74 bits per heavy atom. The van der Waals surface area contributed by atoms with Crippen molar-refractivity contribution in [3.05, 3.63) is 59.4 Å². The molecule has 0 bridgehead atoms. The van der Waals surface area contributed by atoms with E-state index in [4.69, 9.17) is 0 Å². The van der Waals surface area contributed by atoms with Gasteiger partial charge in [-0.3, -0.25) is 4.79 Å². The molecule has 2 aromatic rings. The van der Waals surface area contributed by atoms with E-state index in [-0.39, 0.29) is 17.2 Å². The van der Waals surface area contributed by atoms with Crippen LogP contribution in [0.25, 0.3) is 0 Å². The van der Waals surface area contributed by atoms with Crippen LogP contribution in [0.15, 0.2) is 47.4 Å². The van der Waals surface area contributed by atoms with E-state index in [1.807, 2.05) is 0 Å². The Balaban J connectivity index is 1.66. The normalized spacial score (nSPS) is 15.5. The number of nitrogens with zero attached hydrogens (tertiary/aromatic N) is 1. The number of hydrogen-bond acceptors (Lipinski definition) is 3. The van der Waals surface area contributed by atoms with Crippen molar-refractivity contribution in [1.82, 2.24) is 4.31 Å². The number of hydrogen-bond donors (Lipinski definition) is 1. The lowest BCUT2D eigenvalue weighted by Crippen LogP contribution is -2.35. The number of halogens is 1. The maximum atomic E-state index is 13.3. The number of sulfonamides is 1. The molecule has 0 atom stereocenters. The summed E-state index contributed by atoms with van der Waals surface area (Å²) in [5.74, 6) is -0.696. The fourth-order valence-corrected chi connectivity index (χ4v) is 4.66. The molecule has 1 fully saturated rings. The molecule has 1 heterocycles. The number of aryl methyl sites for hydroxylation is 1. The highest BCUT2D eigenvalue weighted by Crippen LogP contribution is 2.21. The average molecular weight is 390 g/mol. The molecular weight excluding hydrogens is 367 g/mol. The highest BCUT2D eigenvalue weighted by atomic mass is 32.2. The van der Waals surface area contributed by atoms with Crippen LogP contribution < -0.4 is 5.32 Å². The number of carbonyl (C=O) groups excluding carboxylic acids is 1. The van der Waals surface area contributed by atoms with Crippen molar-refractivity contribution >= 4 is 21.6 Å². The summed E-state index contributed by atoms with van der Waals surface area (Å²) in [6.07, 6.45) is 2.92. The molecule has 0 saturated carbocycles. The van der Waals surface area contributed by atoms with Gasteiger partial charge in [0.1, 0.15) is 5.82 Å². The molecule has 2 aromatic carbocycles. The molecule has 1 N–H and O–H groups in total. The number of benzene rings is 2. The molecule has 1 aliphatic heterocycles. The predicted octanol–water partition coefficient (Wildman–Crippen LogP) is 3.49. The maximum absolute atomic E-state index is 13.3. The average Bonchev–Trinajstić information content (AvgIpc) is 2.66. The first-order valence-corrected chi connectivity index (χ1v) is 10.5. The van der Waals surface area contributed by atoms with Crippen molar-refractivity contribution in [3.63, 3.8) is 0 Å². The first kappa shape index (κ1) is 19.5. The third-order valence-electron chi connectivity index (χ3n) is 4.71. The lowest BCUT2D eigenvalue weighted by Gasteiger charge is -2.25. The van der Waals surface area contributed by atoms with Gasteiger partial charge in [0.05, 0.1) is 11.3 Å². The number of amides is 1. The minimum atomic E-state index is -3.48. The minimum absolute atomic E-state index is 0.0833. The molecular formula is C20H23FN2O3S. The van der Waals surface area contributed by atoms with Gasteiger partial charge in [-0.15, -0.1) is 0 Å². The standard InChI is InChI=1S/C20H23FN2O3S/c1-15-5-8-17(21)14-19(15)22-20(24)13-16-6-9-18(10-7-16)27(25,26)23-11-3-2-4-12-23/h5-10,14H,2-4,11-13H2,1H3,(H,22,24). The second-order valence-corrected chi connectivity index (χ2v) is 8.73. The van der Waals surface area contributed by atoms with Crippen LogP contribution in [0.5, 0.6) is 0 Å². The van der Waals surface area contributed by atoms with Gasteiger partial charge in [-0.1, -0.05) is 24.6 Å². The van der Waals surface area contributed by atoms with E-state index in [2.05, 4.69) is 5.32 Å². The highest BCUT2D eigenvalue weighted by Gasteiger charge is 2.25. The van der Waals surface area contributed by atoms with Crippen LogP contribution >= 0.6 is 0 Å². The predicted molar refractivity (Wildman–Crippen MR) is 103 cm³/mol. The number of nitrogens with one attached hydrogen (secondary N) is 1. The Morgan fingerprint density at radius 1 is 1.07 bits per heavy atom. The summed E-state index contributed by atoms with van der Waals surface area (Å²) in [4.78, 5) is 12.5. The lowest BCUT2D eigenvalue weighted by atomic mass is 10.1. The third-order valence-corrected chi connectivity index (χ3v) is 6.63. The van der Waals surface area contributed by atoms with E-state index in [0.717, 1.165) is 24.8 Å². The Bertz CT molecular complexity index is 921. The molecule has 1 saturated heterocycles. The zero-order valence-electron chi connectivity index (χ0n) is 15.2. The Kier molecular flexibility index (Phi) is 5.92. The highest BCUT2D eigenvalue weighted by molar-refractivity contribution is 7.89. The van der Waals surface area contributed by atoms with Crippen molar-refractivity contribution in [2.75, 3.05) is 18.4 Å². The summed E-state index contributed by atoms with van der Waals surface area (Å²) < 4.78 is 40.1. The molecule has 1 amide bonds. The summed E-state index contributed by atoms with van der Waals surface area (Å²) in [6.45, 7) is 2.90. The van der Waals surface area contributed by atoms with Gasteiger partial charge in [-0.05, 0) is 55.2 Å². The first-order valence-electron chi connectivity index (χ1n) is 9.01. The summed E-state index contributed by atoms with van der Waals surface area (Å²) in [6, 6.07) is 10.6. The van der Waals surface area contributed by atoms with E-state index in [1.54, 1.807) is 37.3 Å². The van der Waals surface area contributed by atoms with Crippen LogP contribution in [-0.2, 0) is 21.2 Å². The summed E-state index contributed by atoms with van der Waals surface area (Å²) in [5, 5.41) is 2.69. The smallest absolute Gasteiger partial charge is 0.243 e. The van der Waals surface area contributed by atoms with Crippen LogP contribution in [0.4, 0.5) is 10.1 Å². The molecule has 3 rings (SSSR count). The quantitative estimate of drug-likeness (QED) is 0.850. The second-order valence-electron chi connectivity index (χ2n) is 6.79. The molecule has 27 heavy (non-hydrogen) atoms. The minimum Gasteiger partial charge on any atom is -0.325 e. The van der Waals surface area contributed by atoms with Crippen molar-refractivity contribution in [2.24, 2.45) is 0 Å². The van der Waals surface area contributed by atoms with Crippen molar-refractivity contribution in [2.45, 2.75) is 37.5 Å². The van der Waals surface area contributed by atoms with Crippen molar-refractivity contribution < 1.29 is 17.6 Å². The number of anilines is 1. The van der Waals surface area contributed by atoms with Gasteiger partial charge >= 0.3 is 0 Å².